The first-order valence-corrected chi connectivity index (χ1v) is 5.96. The molecule has 17 heavy (non-hydrogen) atoms. The number of nitrogens with two attached hydrogens (primary N) is 1. The molecule has 0 radical (unpaired) electrons. The van der Waals surface area contributed by atoms with E-state index in [2.05, 4.69) is 0 Å². The van der Waals surface area contributed by atoms with Gasteiger partial charge >= 0.3 is 0 Å². The van der Waals surface area contributed by atoms with Gasteiger partial charge in [-0.3, -0.25) is 4.79 Å². The molecule has 2 N–H and O–H groups in total. The Balaban J connectivity index is 2.42. The monoisotopic (exact) mass is 234 g/mol. The molecule has 1 aromatic carbocycles. The lowest BCUT2D eigenvalue weighted by molar-refractivity contribution is -0.126. The standard InChI is InChI=1S/C13H18N2O2/c1-3-11-13(16)15(7-6-14)10-5-4-9(2)8-12(10)17-11/h4-5,8,11H,3,6-7,14H2,1-2H3. The van der Waals surface area contributed by atoms with Crippen LogP contribution < -0.4 is 15.4 Å². The van der Waals surface area contributed by atoms with Gasteiger partial charge in [-0.2, -0.15) is 0 Å². The van der Waals surface area contributed by atoms with Gasteiger partial charge < -0.3 is 15.4 Å². The number of aryl methyl sites for hydroxylation is 1. The molecule has 2 rings (SSSR count). The molecule has 0 aromatic heterocycles. The number of carbonyl (C=O) groups is 1. The van der Waals surface area contributed by atoms with E-state index >= 15 is 0 Å². The van der Waals surface area contributed by atoms with Gasteiger partial charge in [0.15, 0.2) is 6.10 Å². The molecule has 1 aliphatic rings. The molecule has 1 atom stereocenters. The highest BCUT2D eigenvalue weighted by molar-refractivity contribution is 6.00. The summed E-state index contributed by atoms with van der Waals surface area (Å²) in [6.45, 7) is 4.95. The van der Waals surface area contributed by atoms with Crippen molar-refractivity contribution in [1.82, 2.24) is 0 Å². The third-order valence-corrected chi connectivity index (χ3v) is 2.94. The van der Waals surface area contributed by atoms with Crippen LogP contribution in [0.25, 0.3) is 0 Å². The first kappa shape index (κ1) is 11.9. The van der Waals surface area contributed by atoms with Crippen LogP contribution in [0.1, 0.15) is 18.9 Å². The predicted octanol–water partition coefficient (Wildman–Crippen LogP) is 1.46. The van der Waals surface area contributed by atoms with E-state index in [9.17, 15) is 4.79 Å². The molecule has 0 bridgehead atoms. The molecule has 1 aromatic rings. The average Bonchev–Trinajstić information content (AvgIpc) is 2.32. The zero-order valence-electron chi connectivity index (χ0n) is 10.3. The van der Waals surface area contributed by atoms with E-state index < -0.39 is 0 Å². The zero-order valence-corrected chi connectivity index (χ0v) is 10.3. The molecule has 0 saturated carbocycles. The molecule has 0 spiro atoms. The molecule has 1 amide bonds. The summed E-state index contributed by atoms with van der Waals surface area (Å²) in [5.41, 5.74) is 7.52. The highest BCUT2D eigenvalue weighted by atomic mass is 16.5. The Morgan fingerprint density at radius 1 is 1.47 bits per heavy atom. The molecular weight excluding hydrogens is 216 g/mol. The lowest BCUT2D eigenvalue weighted by Gasteiger charge is -2.34. The molecular formula is C13H18N2O2. The number of fused-ring (bicyclic) bond motifs is 1. The zero-order chi connectivity index (χ0) is 12.4. The van der Waals surface area contributed by atoms with Crippen molar-refractivity contribution in [1.29, 1.82) is 0 Å². The minimum absolute atomic E-state index is 0.00861. The lowest BCUT2D eigenvalue weighted by atomic mass is 10.1. The van der Waals surface area contributed by atoms with Crippen molar-refractivity contribution < 1.29 is 9.53 Å². The van der Waals surface area contributed by atoms with Crippen molar-refractivity contribution in [2.45, 2.75) is 26.4 Å². The Bertz CT molecular complexity index is 431. The molecule has 0 saturated heterocycles. The van der Waals surface area contributed by atoms with Crippen molar-refractivity contribution >= 4 is 11.6 Å². The third kappa shape index (κ3) is 2.13. The fourth-order valence-electron chi connectivity index (χ4n) is 2.05. The van der Waals surface area contributed by atoms with Gasteiger partial charge in [0.05, 0.1) is 5.69 Å². The van der Waals surface area contributed by atoms with Crippen molar-refractivity contribution in [2.75, 3.05) is 18.0 Å². The summed E-state index contributed by atoms with van der Waals surface area (Å²) in [6.07, 6.45) is 0.295. The van der Waals surface area contributed by atoms with E-state index in [1.165, 1.54) is 0 Å². The van der Waals surface area contributed by atoms with E-state index in [-0.39, 0.29) is 12.0 Å². The first-order chi connectivity index (χ1) is 8.17. The van der Waals surface area contributed by atoms with Crippen molar-refractivity contribution in [2.24, 2.45) is 5.73 Å². The Morgan fingerprint density at radius 2 is 2.24 bits per heavy atom. The van der Waals surface area contributed by atoms with E-state index in [1.54, 1.807) is 4.90 Å². The SMILES string of the molecule is CCC1Oc2cc(C)ccc2N(CCN)C1=O. The van der Waals surface area contributed by atoms with Gasteiger partial charge in [-0.1, -0.05) is 13.0 Å². The smallest absolute Gasteiger partial charge is 0.268 e. The number of rotatable bonds is 3. The van der Waals surface area contributed by atoms with Crippen LogP contribution in [-0.4, -0.2) is 25.1 Å². The predicted molar refractivity (Wildman–Crippen MR) is 67.3 cm³/mol. The minimum Gasteiger partial charge on any atom is -0.478 e. The number of anilines is 1. The van der Waals surface area contributed by atoms with Gasteiger partial charge in [-0.25, -0.2) is 0 Å². The topological polar surface area (TPSA) is 55.6 Å². The van der Waals surface area contributed by atoms with Crippen LogP contribution in [0.5, 0.6) is 5.75 Å². The van der Waals surface area contributed by atoms with Gasteiger partial charge in [0.2, 0.25) is 0 Å². The molecule has 92 valence electrons. The fourth-order valence-corrected chi connectivity index (χ4v) is 2.05. The van der Waals surface area contributed by atoms with Crippen molar-refractivity contribution in [3.8, 4) is 5.75 Å². The Hall–Kier alpha value is -1.55. The normalized spacial score (nSPS) is 18.9. The molecule has 0 fully saturated rings. The summed E-state index contributed by atoms with van der Waals surface area (Å²) >= 11 is 0. The van der Waals surface area contributed by atoms with Crippen LogP contribution >= 0.6 is 0 Å². The van der Waals surface area contributed by atoms with Crippen LogP contribution in [0.2, 0.25) is 0 Å². The molecule has 0 aliphatic carbocycles. The molecule has 1 aliphatic heterocycles. The van der Waals surface area contributed by atoms with E-state index in [0.717, 1.165) is 17.0 Å². The third-order valence-electron chi connectivity index (χ3n) is 2.94. The molecule has 1 unspecified atom stereocenters. The Morgan fingerprint density at radius 3 is 2.88 bits per heavy atom. The highest BCUT2D eigenvalue weighted by Gasteiger charge is 2.32. The Labute approximate surface area is 101 Å². The number of carbonyl (C=O) groups excluding carboxylic acids is 1. The van der Waals surface area contributed by atoms with Crippen LogP contribution in [-0.2, 0) is 4.79 Å². The molecule has 4 nitrogen and oxygen atoms in total. The quantitative estimate of drug-likeness (QED) is 0.861. The van der Waals surface area contributed by atoms with Gasteiger partial charge in [-0.05, 0) is 31.0 Å². The number of amides is 1. The van der Waals surface area contributed by atoms with Gasteiger partial charge in [0.1, 0.15) is 5.75 Å². The summed E-state index contributed by atoms with van der Waals surface area (Å²) in [7, 11) is 0. The largest absolute Gasteiger partial charge is 0.478 e. The average molecular weight is 234 g/mol. The maximum absolute atomic E-state index is 12.1. The van der Waals surface area contributed by atoms with E-state index in [0.29, 0.717) is 19.5 Å². The summed E-state index contributed by atoms with van der Waals surface area (Å²) in [4.78, 5) is 13.9. The molecule has 4 heteroatoms. The van der Waals surface area contributed by atoms with E-state index in [4.69, 9.17) is 10.5 Å². The molecule has 1 heterocycles. The number of ether oxygens (including phenoxy) is 1. The maximum atomic E-state index is 12.1. The lowest BCUT2D eigenvalue weighted by Crippen LogP contribution is -2.47. The summed E-state index contributed by atoms with van der Waals surface area (Å²) in [5.74, 6) is 0.791. The van der Waals surface area contributed by atoms with Crippen LogP contribution in [0.15, 0.2) is 18.2 Å². The second kappa shape index (κ2) is 4.75. The fraction of sp³-hybridized carbons (Fsp3) is 0.462. The number of benzene rings is 1. The van der Waals surface area contributed by atoms with E-state index in [1.807, 2.05) is 32.0 Å². The van der Waals surface area contributed by atoms with Crippen molar-refractivity contribution in [3.05, 3.63) is 23.8 Å². The summed E-state index contributed by atoms with van der Waals surface area (Å²) < 4.78 is 5.72. The number of hydrogen-bond donors (Lipinski definition) is 1. The number of nitrogens with zero attached hydrogens (tertiary/aromatic N) is 1. The highest BCUT2D eigenvalue weighted by Crippen LogP contribution is 2.35. The van der Waals surface area contributed by atoms with Crippen LogP contribution in [0.3, 0.4) is 0 Å². The first-order valence-electron chi connectivity index (χ1n) is 5.96. The van der Waals surface area contributed by atoms with Gasteiger partial charge in [-0.15, -0.1) is 0 Å². The van der Waals surface area contributed by atoms with Crippen LogP contribution in [0, 0.1) is 6.92 Å². The maximum Gasteiger partial charge on any atom is 0.268 e. The second-order valence-corrected chi connectivity index (χ2v) is 4.26. The second-order valence-electron chi connectivity index (χ2n) is 4.26. The number of hydrogen-bond acceptors (Lipinski definition) is 3. The van der Waals surface area contributed by atoms with Gasteiger partial charge in [0.25, 0.3) is 5.91 Å². The van der Waals surface area contributed by atoms with Crippen molar-refractivity contribution in [3.63, 3.8) is 0 Å². The van der Waals surface area contributed by atoms with Crippen LogP contribution in [0.4, 0.5) is 5.69 Å². The summed E-state index contributed by atoms with van der Waals surface area (Å²) in [5, 5.41) is 0. The van der Waals surface area contributed by atoms with Gasteiger partial charge in [0, 0.05) is 13.1 Å². The minimum atomic E-state index is -0.379. The Kier molecular flexibility index (Phi) is 3.33. The summed E-state index contributed by atoms with van der Waals surface area (Å²) in [6, 6.07) is 5.86.